The first-order valence-corrected chi connectivity index (χ1v) is 9.41. The SMILES string of the molecule is Cc1sc2nc(Cl)nc(NC3CCNCC3)c2c1-c1ccccc1. The van der Waals surface area contributed by atoms with Gasteiger partial charge in [0.2, 0.25) is 5.28 Å². The second kappa shape index (κ2) is 6.67. The Bertz CT molecular complexity index is 856. The fourth-order valence-corrected chi connectivity index (χ4v) is 4.57. The van der Waals surface area contributed by atoms with E-state index in [1.807, 2.05) is 6.07 Å². The third-order valence-corrected chi connectivity index (χ3v) is 5.61. The number of thiophene rings is 1. The number of anilines is 1. The van der Waals surface area contributed by atoms with Crippen LogP contribution in [0.5, 0.6) is 0 Å². The van der Waals surface area contributed by atoms with Crippen molar-refractivity contribution in [2.24, 2.45) is 0 Å². The molecule has 0 saturated carbocycles. The highest BCUT2D eigenvalue weighted by atomic mass is 35.5. The molecule has 6 heteroatoms. The topological polar surface area (TPSA) is 49.8 Å². The van der Waals surface area contributed by atoms with Crippen molar-refractivity contribution >= 4 is 39.0 Å². The number of rotatable bonds is 3. The summed E-state index contributed by atoms with van der Waals surface area (Å²) in [5.41, 5.74) is 2.41. The molecule has 0 unspecified atom stereocenters. The summed E-state index contributed by atoms with van der Waals surface area (Å²) in [7, 11) is 0. The quantitative estimate of drug-likeness (QED) is 0.677. The maximum Gasteiger partial charge on any atom is 0.225 e. The van der Waals surface area contributed by atoms with Gasteiger partial charge in [-0.15, -0.1) is 11.3 Å². The molecule has 1 aliphatic rings. The normalized spacial score (nSPS) is 15.8. The summed E-state index contributed by atoms with van der Waals surface area (Å²) in [4.78, 5) is 11.2. The van der Waals surface area contributed by atoms with Crippen molar-refractivity contribution in [3.05, 3.63) is 40.5 Å². The fourth-order valence-electron chi connectivity index (χ4n) is 3.30. The van der Waals surface area contributed by atoms with Crippen molar-refractivity contribution in [1.29, 1.82) is 0 Å². The molecule has 0 atom stereocenters. The molecule has 4 nitrogen and oxygen atoms in total. The van der Waals surface area contributed by atoms with Gasteiger partial charge < -0.3 is 10.6 Å². The second-order valence-electron chi connectivity index (χ2n) is 6.09. The zero-order valence-corrected chi connectivity index (χ0v) is 15.0. The van der Waals surface area contributed by atoms with Crippen LogP contribution in [0, 0.1) is 6.92 Å². The number of hydrogen-bond donors (Lipinski definition) is 2. The van der Waals surface area contributed by atoms with Crippen LogP contribution in [-0.2, 0) is 0 Å². The van der Waals surface area contributed by atoms with E-state index in [1.54, 1.807) is 11.3 Å². The minimum Gasteiger partial charge on any atom is -0.367 e. The number of hydrogen-bond acceptors (Lipinski definition) is 5. The van der Waals surface area contributed by atoms with Crippen LogP contribution in [0.25, 0.3) is 21.3 Å². The molecule has 2 N–H and O–H groups in total. The van der Waals surface area contributed by atoms with Gasteiger partial charge in [-0.2, -0.15) is 0 Å². The van der Waals surface area contributed by atoms with E-state index in [1.165, 1.54) is 16.0 Å². The third-order valence-electron chi connectivity index (χ3n) is 4.44. The largest absolute Gasteiger partial charge is 0.367 e. The molecule has 1 aromatic carbocycles. The molecule has 24 heavy (non-hydrogen) atoms. The summed E-state index contributed by atoms with van der Waals surface area (Å²) in [6.07, 6.45) is 2.18. The van der Waals surface area contributed by atoms with Crippen LogP contribution in [0.4, 0.5) is 5.82 Å². The van der Waals surface area contributed by atoms with Gasteiger partial charge in [-0.05, 0) is 50.0 Å². The molecule has 0 amide bonds. The molecule has 0 radical (unpaired) electrons. The predicted octanol–water partition coefficient (Wildman–Crippen LogP) is 4.48. The molecule has 0 spiro atoms. The van der Waals surface area contributed by atoms with Crippen LogP contribution in [-0.4, -0.2) is 29.1 Å². The first-order valence-electron chi connectivity index (χ1n) is 8.21. The Kier molecular flexibility index (Phi) is 4.39. The van der Waals surface area contributed by atoms with Crippen LogP contribution >= 0.6 is 22.9 Å². The molecule has 4 rings (SSSR count). The third kappa shape index (κ3) is 2.99. The zero-order valence-electron chi connectivity index (χ0n) is 13.5. The van der Waals surface area contributed by atoms with E-state index in [9.17, 15) is 0 Å². The highest BCUT2D eigenvalue weighted by Gasteiger charge is 2.21. The summed E-state index contributed by atoms with van der Waals surface area (Å²) in [6.45, 7) is 4.21. The summed E-state index contributed by atoms with van der Waals surface area (Å²) >= 11 is 7.86. The minimum absolute atomic E-state index is 0.305. The van der Waals surface area contributed by atoms with Gasteiger partial charge in [0, 0.05) is 16.5 Å². The van der Waals surface area contributed by atoms with Gasteiger partial charge >= 0.3 is 0 Å². The first-order chi connectivity index (χ1) is 11.7. The Labute approximate surface area is 150 Å². The highest BCUT2D eigenvalue weighted by Crippen LogP contribution is 2.41. The molecular weight excluding hydrogens is 340 g/mol. The van der Waals surface area contributed by atoms with Gasteiger partial charge in [-0.1, -0.05) is 30.3 Å². The van der Waals surface area contributed by atoms with Crippen molar-refractivity contribution in [2.45, 2.75) is 25.8 Å². The monoisotopic (exact) mass is 358 g/mol. The van der Waals surface area contributed by atoms with Crippen molar-refractivity contribution in [1.82, 2.24) is 15.3 Å². The van der Waals surface area contributed by atoms with E-state index >= 15 is 0 Å². The predicted molar refractivity (Wildman–Crippen MR) is 102 cm³/mol. The Hall–Kier alpha value is -1.69. The molecule has 3 aromatic rings. The first kappa shape index (κ1) is 15.8. The lowest BCUT2D eigenvalue weighted by molar-refractivity contribution is 0.478. The average molecular weight is 359 g/mol. The van der Waals surface area contributed by atoms with E-state index in [4.69, 9.17) is 11.6 Å². The Morgan fingerprint density at radius 3 is 2.67 bits per heavy atom. The van der Waals surface area contributed by atoms with Crippen molar-refractivity contribution < 1.29 is 0 Å². The van der Waals surface area contributed by atoms with Crippen LogP contribution in [0.1, 0.15) is 17.7 Å². The second-order valence-corrected chi connectivity index (χ2v) is 7.63. The molecule has 1 saturated heterocycles. The van der Waals surface area contributed by atoms with Gasteiger partial charge in [0.15, 0.2) is 0 Å². The lowest BCUT2D eigenvalue weighted by Gasteiger charge is -2.24. The number of piperidine rings is 1. The molecule has 1 fully saturated rings. The molecular formula is C18H19ClN4S. The van der Waals surface area contributed by atoms with E-state index in [2.05, 4.69) is 51.8 Å². The number of nitrogens with zero attached hydrogens (tertiary/aromatic N) is 2. The standard InChI is InChI=1S/C18H19ClN4S/c1-11-14(12-5-3-2-4-6-12)15-16(21-13-7-9-20-10-8-13)22-18(19)23-17(15)24-11/h2-6,13,20H,7-10H2,1H3,(H,21,22,23). The fraction of sp³-hybridized carbons (Fsp3) is 0.333. The molecule has 2 aromatic heterocycles. The number of aromatic nitrogens is 2. The number of aryl methyl sites for hydroxylation is 1. The Balaban J connectivity index is 1.85. The van der Waals surface area contributed by atoms with E-state index in [0.717, 1.165) is 42.0 Å². The average Bonchev–Trinajstić information content (AvgIpc) is 2.92. The van der Waals surface area contributed by atoms with Crippen molar-refractivity contribution in [3.63, 3.8) is 0 Å². The number of halogens is 1. The lowest BCUT2D eigenvalue weighted by Crippen LogP contribution is -2.35. The van der Waals surface area contributed by atoms with Gasteiger partial charge in [-0.25, -0.2) is 9.97 Å². The maximum atomic E-state index is 6.18. The maximum absolute atomic E-state index is 6.18. The van der Waals surface area contributed by atoms with Crippen molar-refractivity contribution in [3.8, 4) is 11.1 Å². The highest BCUT2D eigenvalue weighted by molar-refractivity contribution is 7.19. The smallest absolute Gasteiger partial charge is 0.225 e. The van der Waals surface area contributed by atoms with Gasteiger partial charge in [0.1, 0.15) is 10.6 Å². The van der Waals surface area contributed by atoms with Crippen LogP contribution in [0.3, 0.4) is 0 Å². The molecule has 1 aliphatic heterocycles. The molecule has 3 heterocycles. The van der Waals surface area contributed by atoms with Crippen molar-refractivity contribution in [2.75, 3.05) is 18.4 Å². The molecule has 124 valence electrons. The van der Waals surface area contributed by atoms with Gasteiger partial charge in [0.25, 0.3) is 0 Å². The van der Waals surface area contributed by atoms with Gasteiger partial charge in [-0.3, -0.25) is 0 Å². The lowest BCUT2D eigenvalue weighted by atomic mass is 10.0. The summed E-state index contributed by atoms with van der Waals surface area (Å²) in [5.74, 6) is 0.861. The van der Waals surface area contributed by atoms with E-state index in [0.29, 0.717) is 11.3 Å². The number of fused-ring (bicyclic) bond motifs is 1. The summed E-state index contributed by atoms with van der Waals surface area (Å²) in [6, 6.07) is 10.9. The zero-order chi connectivity index (χ0) is 16.5. The minimum atomic E-state index is 0.305. The van der Waals surface area contributed by atoms with Gasteiger partial charge in [0.05, 0.1) is 5.39 Å². The Morgan fingerprint density at radius 1 is 1.17 bits per heavy atom. The van der Waals surface area contributed by atoms with Crippen LogP contribution < -0.4 is 10.6 Å². The summed E-state index contributed by atoms with van der Waals surface area (Å²) < 4.78 is 0. The van der Waals surface area contributed by atoms with E-state index in [-0.39, 0.29) is 0 Å². The molecule has 0 aliphatic carbocycles. The van der Waals surface area contributed by atoms with E-state index < -0.39 is 0 Å². The number of benzene rings is 1. The summed E-state index contributed by atoms with van der Waals surface area (Å²) in [5, 5.41) is 8.41. The Morgan fingerprint density at radius 2 is 1.92 bits per heavy atom. The molecule has 0 bridgehead atoms. The van der Waals surface area contributed by atoms with Crippen LogP contribution in [0.15, 0.2) is 30.3 Å². The van der Waals surface area contributed by atoms with Crippen LogP contribution in [0.2, 0.25) is 5.28 Å². The number of nitrogens with one attached hydrogen (secondary N) is 2.